The molecule has 0 atom stereocenters. The molecule has 0 aromatic carbocycles. The Balaban J connectivity index is 2.44. The number of rotatable bonds is 9. The molecule has 0 aromatic heterocycles. The number of hydrogen-bond acceptors (Lipinski definition) is 4. The van der Waals surface area contributed by atoms with Crippen molar-refractivity contribution in [3.63, 3.8) is 0 Å². The number of aliphatic imine (C=N–C) groups is 1. The van der Waals surface area contributed by atoms with Gasteiger partial charge in [-0.1, -0.05) is 0 Å². The smallest absolute Gasteiger partial charge is 0.193 e. The molecule has 1 aliphatic carbocycles. The fraction of sp³-hybridized carbons (Fsp3) is 0.938. The third-order valence-electron chi connectivity index (χ3n) is 3.87. The molecule has 23 heavy (non-hydrogen) atoms. The van der Waals surface area contributed by atoms with E-state index < -0.39 is 14.6 Å². The lowest BCUT2D eigenvalue weighted by molar-refractivity contribution is 0.115. The number of hydrogen-bond donors (Lipinski definition) is 1. The number of nitrogens with zero attached hydrogens (tertiary/aromatic N) is 2. The van der Waals surface area contributed by atoms with Gasteiger partial charge in [0, 0.05) is 26.7 Å². The molecule has 0 aromatic rings. The summed E-state index contributed by atoms with van der Waals surface area (Å²) in [5, 5.41) is 3.19. The number of sulfone groups is 1. The Bertz CT molecular complexity index is 479. The summed E-state index contributed by atoms with van der Waals surface area (Å²) in [6, 6.07) is 0. The van der Waals surface area contributed by atoms with Gasteiger partial charge in [0.15, 0.2) is 15.8 Å². The van der Waals surface area contributed by atoms with Crippen molar-refractivity contribution in [2.45, 2.75) is 45.3 Å². The van der Waals surface area contributed by atoms with Gasteiger partial charge in [-0.05, 0) is 46.5 Å². The normalized spacial score (nSPS) is 16.5. The van der Waals surface area contributed by atoms with Gasteiger partial charge in [-0.25, -0.2) is 8.42 Å². The minimum atomic E-state index is -3.14. The van der Waals surface area contributed by atoms with Crippen LogP contribution in [-0.4, -0.2) is 69.7 Å². The molecule has 0 radical (unpaired) electrons. The van der Waals surface area contributed by atoms with Gasteiger partial charge in [-0.3, -0.25) is 4.99 Å². The monoisotopic (exact) mass is 347 g/mol. The SMILES string of the molecule is CCNC(=NCCS(=O)(=O)C(C)(C)C)N(C)CCOCC1CC1. The van der Waals surface area contributed by atoms with E-state index in [1.54, 1.807) is 20.8 Å². The van der Waals surface area contributed by atoms with Crippen molar-refractivity contribution in [3.8, 4) is 0 Å². The van der Waals surface area contributed by atoms with Crippen LogP contribution in [0.2, 0.25) is 0 Å². The maximum absolute atomic E-state index is 12.1. The van der Waals surface area contributed by atoms with Crippen molar-refractivity contribution in [2.75, 3.05) is 45.6 Å². The van der Waals surface area contributed by atoms with E-state index in [4.69, 9.17) is 4.74 Å². The van der Waals surface area contributed by atoms with E-state index >= 15 is 0 Å². The first kappa shape index (κ1) is 20.2. The maximum Gasteiger partial charge on any atom is 0.193 e. The van der Waals surface area contributed by atoms with Crippen molar-refractivity contribution >= 4 is 15.8 Å². The Kier molecular flexibility index (Phi) is 7.80. The zero-order chi connectivity index (χ0) is 17.5. The summed E-state index contributed by atoms with van der Waals surface area (Å²) >= 11 is 0. The first-order valence-electron chi connectivity index (χ1n) is 8.47. The average molecular weight is 348 g/mol. The van der Waals surface area contributed by atoms with Crippen LogP contribution in [0.1, 0.15) is 40.5 Å². The van der Waals surface area contributed by atoms with E-state index in [2.05, 4.69) is 10.3 Å². The Morgan fingerprint density at radius 3 is 2.52 bits per heavy atom. The number of guanidine groups is 1. The molecule has 1 N–H and O–H groups in total. The predicted molar refractivity (Wildman–Crippen MR) is 95.7 cm³/mol. The zero-order valence-corrected chi connectivity index (χ0v) is 16.1. The van der Waals surface area contributed by atoms with Gasteiger partial charge in [0.1, 0.15) is 0 Å². The molecule has 7 heteroatoms. The van der Waals surface area contributed by atoms with Crippen LogP contribution in [-0.2, 0) is 14.6 Å². The highest BCUT2D eigenvalue weighted by atomic mass is 32.2. The van der Waals surface area contributed by atoms with Gasteiger partial charge < -0.3 is 15.0 Å². The van der Waals surface area contributed by atoms with Crippen LogP contribution in [0, 0.1) is 5.92 Å². The molecule has 0 amide bonds. The summed E-state index contributed by atoms with van der Waals surface area (Å²) in [7, 11) is -1.19. The third-order valence-corrected chi connectivity index (χ3v) is 6.46. The highest BCUT2D eigenvalue weighted by molar-refractivity contribution is 7.92. The Hall–Kier alpha value is -0.820. The number of ether oxygens (including phenoxy) is 1. The van der Waals surface area contributed by atoms with Crippen LogP contribution in [0.5, 0.6) is 0 Å². The van der Waals surface area contributed by atoms with Gasteiger partial charge in [0.05, 0.1) is 23.7 Å². The molecule has 0 spiro atoms. The molecule has 1 aliphatic rings. The van der Waals surface area contributed by atoms with Crippen molar-refractivity contribution in [1.82, 2.24) is 10.2 Å². The van der Waals surface area contributed by atoms with Gasteiger partial charge in [0.2, 0.25) is 0 Å². The summed E-state index contributed by atoms with van der Waals surface area (Å²) in [4.78, 5) is 6.42. The largest absolute Gasteiger partial charge is 0.379 e. The predicted octanol–water partition coefficient (Wildman–Crippen LogP) is 1.52. The second-order valence-electron chi connectivity index (χ2n) is 7.11. The Labute approximate surface area is 141 Å². The molecular weight excluding hydrogens is 314 g/mol. The highest BCUT2D eigenvalue weighted by Crippen LogP contribution is 2.28. The maximum atomic E-state index is 12.1. The second-order valence-corrected chi connectivity index (χ2v) is 9.97. The topological polar surface area (TPSA) is 71.0 Å². The molecule has 0 bridgehead atoms. The van der Waals surface area contributed by atoms with Crippen LogP contribution in [0.4, 0.5) is 0 Å². The molecule has 0 saturated heterocycles. The molecule has 136 valence electrons. The Morgan fingerprint density at radius 1 is 1.35 bits per heavy atom. The van der Waals surface area contributed by atoms with Crippen molar-refractivity contribution in [2.24, 2.45) is 10.9 Å². The first-order valence-corrected chi connectivity index (χ1v) is 10.1. The van der Waals surface area contributed by atoms with Crippen molar-refractivity contribution in [1.29, 1.82) is 0 Å². The van der Waals surface area contributed by atoms with Crippen molar-refractivity contribution in [3.05, 3.63) is 0 Å². The van der Waals surface area contributed by atoms with E-state index in [0.717, 1.165) is 31.6 Å². The highest BCUT2D eigenvalue weighted by Gasteiger charge is 2.28. The fourth-order valence-electron chi connectivity index (χ4n) is 1.89. The van der Waals surface area contributed by atoms with Gasteiger partial charge >= 0.3 is 0 Å². The molecule has 0 heterocycles. The number of nitrogens with one attached hydrogen (secondary N) is 1. The van der Waals surface area contributed by atoms with E-state index in [0.29, 0.717) is 6.61 Å². The van der Waals surface area contributed by atoms with E-state index in [9.17, 15) is 8.42 Å². The Morgan fingerprint density at radius 2 is 2.00 bits per heavy atom. The van der Waals surface area contributed by atoms with Crippen LogP contribution in [0.15, 0.2) is 4.99 Å². The number of likely N-dealkylation sites (N-methyl/N-ethyl adjacent to an activating group) is 1. The van der Waals surface area contributed by atoms with Gasteiger partial charge in [0.25, 0.3) is 0 Å². The molecule has 1 fully saturated rings. The minimum Gasteiger partial charge on any atom is -0.379 e. The zero-order valence-electron chi connectivity index (χ0n) is 15.3. The average Bonchev–Trinajstić information content (AvgIpc) is 3.25. The second kappa shape index (κ2) is 8.87. The molecular formula is C16H33N3O3S. The molecule has 6 nitrogen and oxygen atoms in total. The van der Waals surface area contributed by atoms with E-state index in [1.165, 1.54) is 12.8 Å². The lowest BCUT2D eigenvalue weighted by Gasteiger charge is -2.22. The van der Waals surface area contributed by atoms with Crippen molar-refractivity contribution < 1.29 is 13.2 Å². The van der Waals surface area contributed by atoms with Gasteiger partial charge in [-0.15, -0.1) is 0 Å². The summed E-state index contributed by atoms with van der Waals surface area (Å²) in [5.41, 5.74) is 0. The van der Waals surface area contributed by atoms with Crippen LogP contribution in [0.3, 0.4) is 0 Å². The quantitative estimate of drug-likeness (QED) is 0.389. The van der Waals surface area contributed by atoms with Crippen LogP contribution >= 0.6 is 0 Å². The molecule has 0 aliphatic heterocycles. The summed E-state index contributed by atoms with van der Waals surface area (Å²) < 4.78 is 29.1. The van der Waals surface area contributed by atoms with Crippen LogP contribution in [0.25, 0.3) is 0 Å². The van der Waals surface area contributed by atoms with Crippen LogP contribution < -0.4 is 5.32 Å². The standard InChI is InChI=1S/C16H33N3O3S/c1-6-17-15(18-9-12-23(20,21)16(2,3)4)19(5)10-11-22-13-14-7-8-14/h14H,6-13H2,1-5H3,(H,17,18). The fourth-order valence-corrected chi connectivity index (χ4v) is 2.83. The van der Waals surface area contributed by atoms with E-state index in [-0.39, 0.29) is 12.3 Å². The molecule has 0 unspecified atom stereocenters. The summed E-state index contributed by atoms with van der Waals surface area (Å²) in [6.45, 7) is 10.4. The third kappa shape index (κ3) is 7.52. The van der Waals surface area contributed by atoms with Gasteiger partial charge in [-0.2, -0.15) is 0 Å². The summed E-state index contributed by atoms with van der Waals surface area (Å²) in [6.07, 6.45) is 2.59. The summed E-state index contributed by atoms with van der Waals surface area (Å²) in [5.74, 6) is 1.56. The lowest BCUT2D eigenvalue weighted by atomic mass is 10.3. The molecule has 1 saturated carbocycles. The minimum absolute atomic E-state index is 0.0669. The lowest BCUT2D eigenvalue weighted by Crippen LogP contribution is -2.41. The molecule has 1 rings (SSSR count). The first-order chi connectivity index (χ1) is 10.7. The van der Waals surface area contributed by atoms with E-state index in [1.807, 2.05) is 18.9 Å².